The Balaban J connectivity index is -0.000000195. The molecule has 80 valence electrons. The van der Waals surface area contributed by atoms with Crippen LogP contribution in [-0.4, -0.2) is 16.1 Å². The van der Waals surface area contributed by atoms with Gasteiger partial charge in [-0.1, -0.05) is 43.0 Å². The number of hydrogen-bond acceptors (Lipinski definition) is 3. The molecule has 0 aromatic heterocycles. The average Bonchev–Trinajstić information content (AvgIpc) is 2.20. The summed E-state index contributed by atoms with van der Waals surface area (Å²) in [5.41, 5.74) is 0.965. The van der Waals surface area contributed by atoms with Crippen molar-refractivity contribution >= 4 is 29.2 Å². The summed E-state index contributed by atoms with van der Waals surface area (Å²) in [5.74, 6) is 0. The monoisotopic (exact) mass is 270 g/mol. The average molecular weight is 270 g/mol. The smallest absolute Gasteiger partial charge is 1.00 e. The van der Waals surface area contributed by atoms with Gasteiger partial charge < -0.3 is 11.3 Å². The van der Waals surface area contributed by atoms with Crippen LogP contribution in [0.5, 0.6) is 0 Å². The molecule has 0 atom stereocenters. The van der Waals surface area contributed by atoms with Gasteiger partial charge in [-0.25, -0.2) is 0 Å². The molecule has 2 nitrogen and oxygen atoms in total. The number of thiol groups is 1. The van der Waals surface area contributed by atoms with Crippen LogP contribution in [0.1, 0.15) is 13.9 Å². The van der Waals surface area contributed by atoms with Crippen LogP contribution < -0.4 is 51.4 Å². The molecule has 0 aliphatic heterocycles. The third kappa shape index (κ3) is 13.0. The van der Waals surface area contributed by atoms with E-state index in [1.54, 1.807) is 0 Å². The molecule has 0 unspecified atom stereocenters. The van der Waals surface area contributed by atoms with E-state index in [1.165, 1.54) is 0 Å². The molecule has 0 aliphatic carbocycles. The molecule has 5 heteroatoms. The second-order valence-electron chi connectivity index (χ2n) is 2.34. The molecule has 0 bridgehead atoms. The number of hydrogen-bond donors (Lipinski definition) is 2. The molecule has 1 aromatic rings. The first kappa shape index (κ1) is 18.4. The predicted octanol–water partition coefficient (Wildman–Crippen LogP) is -0.467. The first-order chi connectivity index (χ1) is 6.70. The number of benzene rings is 1. The summed E-state index contributed by atoms with van der Waals surface area (Å²) in [5, 5.41) is 8.54. The van der Waals surface area contributed by atoms with Gasteiger partial charge in [0.15, 0.2) is 0 Å². The van der Waals surface area contributed by atoms with Crippen LogP contribution in [0.3, 0.4) is 0 Å². The summed E-state index contributed by atoms with van der Waals surface area (Å²) >= 11 is 8.12. The molecular formula is C10H15KO2S2. The first-order valence-corrected chi connectivity index (χ1v) is 5.06. The fraction of sp³-hybridized carbons (Fsp3) is 0.300. The minimum Gasteiger partial charge on any atom is -1.00 e. The molecule has 1 N–H and O–H groups in total. The third-order valence-electron chi connectivity index (χ3n) is 1.29. The van der Waals surface area contributed by atoms with E-state index in [2.05, 4.69) is 29.6 Å². The SMILES string of the molecule is CCOC(=S)S.OCc1ccccc1.[H-].[K+]. The van der Waals surface area contributed by atoms with Crippen molar-refractivity contribution in [2.75, 3.05) is 6.61 Å². The van der Waals surface area contributed by atoms with Gasteiger partial charge in [0.05, 0.1) is 13.2 Å². The maximum absolute atomic E-state index is 8.54. The van der Waals surface area contributed by atoms with Crippen LogP contribution in [-0.2, 0) is 11.3 Å². The van der Waals surface area contributed by atoms with Crippen LogP contribution in [0.25, 0.3) is 0 Å². The zero-order chi connectivity index (χ0) is 10.8. The summed E-state index contributed by atoms with van der Waals surface area (Å²) in [4.78, 5) is 0. The Hall–Kier alpha value is 1.06. The Morgan fingerprint density at radius 3 is 2.20 bits per heavy atom. The zero-order valence-electron chi connectivity index (χ0n) is 10.0. The second-order valence-corrected chi connectivity index (χ2v) is 3.42. The molecule has 0 heterocycles. The van der Waals surface area contributed by atoms with E-state index < -0.39 is 0 Å². The minimum absolute atomic E-state index is 0. The molecule has 0 aliphatic rings. The largest absolute Gasteiger partial charge is 1.00 e. The summed E-state index contributed by atoms with van der Waals surface area (Å²) in [6.45, 7) is 2.62. The van der Waals surface area contributed by atoms with Crippen LogP contribution in [0.15, 0.2) is 30.3 Å². The summed E-state index contributed by atoms with van der Waals surface area (Å²) in [6, 6.07) is 9.52. The number of thiocarbonyl (C=S) groups is 1. The van der Waals surface area contributed by atoms with Crippen LogP contribution >= 0.6 is 24.8 Å². The second kappa shape index (κ2) is 13.1. The van der Waals surface area contributed by atoms with Crippen LogP contribution in [0.2, 0.25) is 0 Å². The van der Waals surface area contributed by atoms with Crippen LogP contribution in [0, 0.1) is 0 Å². The van der Waals surface area contributed by atoms with Crippen molar-refractivity contribution in [1.82, 2.24) is 0 Å². The quantitative estimate of drug-likeness (QED) is 0.433. The molecule has 1 rings (SSSR count). The number of aliphatic hydroxyl groups is 1. The summed E-state index contributed by atoms with van der Waals surface area (Å²) in [7, 11) is 0. The van der Waals surface area contributed by atoms with Crippen molar-refractivity contribution in [3.63, 3.8) is 0 Å². The Morgan fingerprint density at radius 2 is 2.00 bits per heavy atom. The fourth-order valence-electron chi connectivity index (χ4n) is 0.707. The summed E-state index contributed by atoms with van der Waals surface area (Å²) in [6.07, 6.45) is 0. The van der Waals surface area contributed by atoms with Crippen molar-refractivity contribution in [2.45, 2.75) is 13.5 Å². The molecular weight excluding hydrogens is 255 g/mol. The Morgan fingerprint density at radius 1 is 1.47 bits per heavy atom. The van der Waals surface area contributed by atoms with Gasteiger partial charge in [0.25, 0.3) is 0 Å². The molecule has 0 amide bonds. The molecule has 15 heavy (non-hydrogen) atoms. The fourth-order valence-corrected chi connectivity index (χ4v) is 0.954. The van der Waals surface area contributed by atoms with Crippen molar-refractivity contribution in [3.05, 3.63) is 35.9 Å². The zero-order valence-corrected chi connectivity index (χ0v) is 13.8. The predicted molar refractivity (Wildman–Crippen MR) is 66.7 cm³/mol. The number of aliphatic hydroxyl groups excluding tert-OH is 1. The van der Waals surface area contributed by atoms with E-state index in [0.717, 1.165) is 5.56 Å². The third-order valence-corrected chi connectivity index (χ3v) is 1.54. The van der Waals surface area contributed by atoms with Gasteiger partial charge in [0, 0.05) is 0 Å². The molecule has 0 fully saturated rings. The van der Waals surface area contributed by atoms with Gasteiger partial charge in [-0.05, 0) is 24.7 Å². The molecule has 0 saturated carbocycles. The van der Waals surface area contributed by atoms with E-state index in [4.69, 9.17) is 5.11 Å². The standard InChI is InChI=1S/C7H8O.C3H6OS2.K.H/c8-6-7-4-2-1-3-5-7;1-2-4-3(5)6;;/h1-5,8H,6H2;2H2,1H3,(H,5,6);;/q;;+1;-1. The molecule has 1 aromatic carbocycles. The Bertz CT molecular complexity index is 260. The van der Waals surface area contributed by atoms with E-state index >= 15 is 0 Å². The van der Waals surface area contributed by atoms with Gasteiger partial charge in [0.2, 0.25) is 4.38 Å². The molecule has 0 spiro atoms. The topological polar surface area (TPSA) is 29.5 Å². The van der Waals surface area contributed by atoms with E-state index in [1.807, 2.05) is 37.3 Å². The van der Waals surface area contributed by atoms with E-state index in [0.29, 0.717) is 11.0 Å². The first-order valence-electron chi connectivity index (χ1n) is 4.21. The van der Waals surface area contributed by atoms with Gasteiger partial charge in [-0.3, -0.25) is 0 Å². The Kier molecular flexibility index (Phi) is 16.1. The maximum atomic E-state index is 8.54. The molecule has 0 saturated heterocycles. The van der Waals surface area contributed by atoms with Crippen LogP contribution in [0.4, 0.5) is 0 Å². The van der Waals surface area contributed by atoms with Gasteiger partial charge in [0.1, 0.15) is 0 Å². The Labute approximate surface area is 146 Å². The van der Waals surface area contributed by atoms with E-state index in [9.17, 15) is 0 Å². The van der Waals surface area contributed by atoms with Crippen molar-refractivity contribution in [1.29, 1.82) is 0 Å². The van der Waals surface area contributed by atoms with E-state index in [-0.39, 0.29) is 59.4 Å². The minimum atomic E-state index is 0. The van der Waals surface area contributed by atoms with Gasteiger partial charge >= 0.3 is 51.4 Å². The van der Waals surface area contributed by atoms with Crippen molar-refractivity contribution in [2.24, 2.45) is 0 Å². The number of ether oxygens (including phenoxy) is 1. The summed E-state index contributed by atoms with van der Waals surface area (Å²) < 4.78 is 4.95. The maximum Gasteiger partial charge on any atom is 1.00 e. The normalized spacial score (nSPS) is 7.93. The molecule has 0 radical (unpaired) electrons. The van der Waals surface area contributed by atoms with Gasteiger partial charge in [-0.2, -0.15) is 0 Å². The number of rotatable bonds is 2. The van der Waals surface area contributed by atoms with Crippen molar-refractivity contribution < 1.29 is 62.7 Å². The van der Waals surface area contributed by atoms with Crippen molar-refractivity contribution in [3.8, 4) is 0 Å². The van der Waals surface area contributed by atoms with Gasteiger partial charge in [-0.15, -0.1) is 0 Å².